The molecule has 1 atom stereocenters. The number of para-hydroxylation sites is 1. The summed E-state index contributed by atoms with van der Waals surface area (Å²) >= 11 is 6.34. The van der Waals surface area contributed by atoms with Crippen LogP contribution < -0.4 is 4.90 Å². The van der Waals surface area contributed by atoms with Gasteiger partial charge in [0.15, 0.2) is 0 Å². The maximum atomic E-state index is 9.32. The fourth-order valence-electron chi connectivity index (χ4n) is 3.75. The summed E-state index contributed by atoms with van der Waals surface area (Å²) in [5.74, 6) is 0. The quantitative estimate of drug-likeness (QED) is 0.852. The monoisotopic (exact) mass is 332 g/mol. The molecule has 0 spiro atoms. The number of nitriles is 1. The summed E-state index contributed by atoms with van der Waals surface area (Å²) in [6.07, 6.45) is 4.02. The van der Waals surface area contributed by atoms with Gasteiger partial charge in [0, 0.05) is 38.8 Å². The van der Waals surface area contributed by atoms with Crippen molar-refractivity contribution in [2.24, 2.45) is 0 Å². The summed E-state index contributed by atoms with van der Waals surface area (Å²) in [5, 5.41) is 10.0. The standard InChI is InChI=1S/C18H25ClN4/c1-21-8-3-2-6-16(21)14-22-9-11-23(12-10-22)18-15(13-20)5-4-7-17(18)19/h4-5,7,16H,2-3,6,8-12,14H2,1H3. The molecule has 1 unspecified atom stereocenters. The van der Waals surface area contributed by atoms with Crippen molar-refractivity contribution in [3.05, 3.63) is 28.8 Å². The fourth-order valence-corrected chi connectivity index (χ4v) is 4.05. The number of hydrogen-bond acceptors (Lipinski definition) is 4. The van der Waals surface area contributed by atoms with Gasteiger partial charge in [-0.2, -0.15) is 5.26 Å². The van der Waals surface area contributed by atoms with Crippen LogP contribution in [0.2, 0.25) is 5.02 Å². The molecule has 2 fully saturated rings. The van der Waals surface area contributed by atoms with E-state index in [2.05, 4.69) is 27.8 Å². The number of piperidine rings is 1. The summed E-state index contributed by atoms with van der Waals surface area (Å²) < 4.78 is 0. The molecule has 0 radical (unpaired) electrons. The highest BCUT2D eigenvalue weighted by Gasteiger charge is 2.25. The van der Waals surface area contributed by atoms with Crippen LogP contribution in [0.25, 0.3) is 0 Å². The number of anilines is 1. The van der Waals surface area contributed by atoms with Crippen molar-refractivity contribution in [2.45, 2.75) is 25.3 Å². The van der Waals surface area contributed by atoms with Crippen LogP contribution in [0.4, 0.5) is 5.69 Å². The largest absolute Gasteiger partial charge is 0.367 e. The number of halogens is 1. The Labute approximate surface area is 144 Å². The van der Waals surface area contributed by atoms with Crippen LogP contribution in [-0.2, 0) is 0 Å². The normalized spacial score (nSPS) is 23.7. The average molecular weight is 333 g/mol. The van der Waals surface area contributed by atoms with Crippen LogP contribution in [-0.4, -0.2) is 62.2 Å². The smallest absolute Gasteiger partial charge is 0.101 e. The van der Waals surface area contributed by atoms with Crippen LogP contribution in [0.1, 0.15) is 24.8 Å². The van der Waals surface area contributed by atoms with Gasteiger partial charge in [0.1, 0.15) is 6.07 Å². The molecule has 1 aromatic rings. The van der Waals surface area contributed by atoms with Gasteiger partial charge in [-0.1, -0.05) is 24.1 Å². The summed E-state index contributed by atoms with van der Waals surface area (Å²) in [6, 6.07) is 8.54. The lowest BCUT2D eigenvalue weighted by molar-refractivity contribution is 0.125. The molecule has 2 aliphatic heterocycles. The number of rotatable bonds is 3. The van der Waals surface area contributed by atoms with E-state index in [1.807, 2.05) is 18.2 Å². The molecule has 4 nitrogen and oxygen atoms in total. The average Bonchev–Trinajstić information content (AvgIpc) is 2.57. The van der Waals surface area contributed by atoms with Gasteiger partial charge in [-0.05, 0) is 38.6 Å². The molecule has 2 aliphatic rings. The Bertz CT molecular complexity index is 575. The first-order chi connectivity index (χ1) is 11.2. The van der Waals surface area contributed by atoms with Crippen molar-refractivity contribution < 1.29 is 0 Å². The van der Waals surface area contributed by atoms with Crippen LogP contribution in [0.3, 0.4) is 0 Å². The number of hydrogen-bond donors (Lipinski definition) is 0. The first kappa shape index (κ1) is 16.6. The van der Waals surface area contributed by atoms with Gasteiger partial charge < -0.3 is 9.80 Å². The number of likely N-dealkylation sites (tertiary alicyclic amines) is 1. The zero-order valence-corrected chi connectivity index (χ0v) is 14.6. The summed E-state index contributed by atoms with van der Waals surface area (Å²) in [6.45, 7) is 6.36. The van der Waals surface area contributed by atoms with E-state index in [0.717, 1.165) is 38.4 Å². The van der Waals surface area contributed by atoms with Gasteiger partial charge in [-0.15, -0.1) is 0 Å². The van der Waals surface area contributed by atoms with E-state index < -0.39 is 0 Å². The van der Waals surface area contributed by atoms with Gasteiger partial charge >= 0.3 is 0 Å². The van der Waals surface area contributed by atoms with Crippen molar-refractivity contribution in [2.75, 3.05) is 51.2 Å². The molecule has 124 valence electrons. The van der Waals surface area contributed by atoms with E-state index in [4.69, 9.17) is 11.6 Å². The third-order valence-corrected chi connectivity index (χ3v) is 5.49. The van der Waals surface area contributed by atoms with E-state index in [9.17, 15) is 5.26 Å². The van der Waals surface area contributed by atoms with Crippen LogP contribution in [0, 0.1) is 11.3 Å². The van der Waals surface area contributed by atoms with Crippen molar-refractivity contribution in [3.8, 4) is 6.07 Å². The van der Waals surface area contributed by atoms with E-state index >= 15 is 0 Å². The Kier molecular flexibility index (Phi) is 5.42. The maximum Gasteiger partial charge on any atom is 0.101 e. The lowest BCUT2D eigenvalue weighted by atomic mass is 10.0. The molecule has 3 rings (SSSR count). The molecule has 23 heavy (non-hydrogen) atoms. The lowest BCUT2D eigenvalue weighted by Crippen LogP contribution is -2.52. The molecule has 0 saturated carbocycles. The Hall–Kier alpha value is -1.28. The van der Waals surface area contributed by atoms with Crippen molar-refractivity contribution in [1.29, 1.82) is 5.26 Å². The van der Waals surface area contributed by atoms with Gasteiger partial charge in [0.2, 0.25) is 0 Å². The molecular weight excluding hydrogens is 308 g/mol. The number of nitrogens with zero attached hydrogens (tertiary/aromatic N) is 4. The maximum absolute atomic E-state index is 9.32. The van der Waals surface area contributed by atoms with Gasteiger partial charge in [0.25, 0.3) is 0 Å². The molecule has 1 aromatic carbocycles. The molecule has 0 amide bonds. The third-order valence-electron chi connectivity index (χ3n) is 5.19. The molecular formula is C18H25ClN4. The Morgan fingerprint density at radius 3 is 2.65 bits per heavy atom. The summed E-state index contributed by atoms with van der Waals surface area (Å²) in [7, 11) is 2.25. The number of likely N-dealkylation sites (N-methyl/N-ethyl adjacent to an activating group) is 1. The minimum absolute atomic E-state index is 0.679. The second-order valence-electron chi connectivity index (χ2n) is 6.67. The molecule has 0 N–H and O–H groups in total. The Morgan fingerprint density at radius 2 is 1.96 bits per heavy atom. The first-order valence-electron chi connectivity index (χ1n) is 8.55. The first-order valence-corrected chi connectivity index (χ1v) is 8.93. The zero-order chi connectivity index (χ0) is 16.2. The highest BCUT2D eigenvalue weighted by Crippen LogP contribution is 2.30. The minimum atomic E-state index is 0.679. The molecule has 2 heterocycles. The van der Waals surface area contributed by atoms with Crippen LogP contribution in [0.5, 0.6) is 0 Å². The van der Waals surface area contributed by atoms with Crippen molar-refractivity contribution in [1.82, 2.24) is 9.80 Å². The highest BCUT2D eigenvalue weighted by atomic mass is 35.5. The lowest BCUT2D eigenvalue weighted by Gasteiger charge is -2.41. The van der Waals surface area contributed by atoms with Crippen LogP contribution in [0.15, 0.2) is 18.2 Å². The fraction of sp³-hybridized carbons (Fsp3) is 0.611. The van der Waals surface area contributed by atoms with Crippen molar-refractivity contribution >= 4 is 17.3 Å². The minimum Gasteiger partial charge on any atom is -0.367 e. The Balaban J connectivity index is 1.60. The van der Waals surface area contributed by atoms with E-state index in [1.54, 1.807) is 0 Å². The highest BCUT2D eigenvalue weighted by molar-refractivity contribution is 6.33. The van der Waals surface area contributed by atoms with E-state index in [-0.39, 0.29) is 0 Å². The summed E-state index contributed by atoms with van der Waals surface area (Å²) in [4.78, 5) is 7.34. The zero-order valence-electron chi connectivity index (χ0n) is 13.8. The third kappa shape index (κ3) is 3.80. The molecule has 0 bridgehead atoms. The predicted molar refractivity (Wildman–Crippen MR) is 95.1 cm³/mol. The number of benzene rings is 1. The van der Waals surface area contributed by atoms with Gasteiger partial charge in [-0.3, -0.25) is 4.90 Å². The van der Waals surface area contributed by atoms with E-state index in [1.165, 1.54) is 25.8 Å². The molecule has 2 saturated heterocycles. The van der Waals surface area contributed by atoms with Gasteiger partial charge in [-0.25, -0.2) is 0 Å². The molecule has 0 aromatic heterocycles. The Morgan fingerprint density at radius 1 is 1.17 bits per heavy atom. The molecule has 0 aliphatic carbocycles. The van der Waals surface area contributed by atoms with Gasteiger partial charge in [0.05, 0.1) is 16.3 Å². The van der Waals surface area contributed by atoms with Crippen LogP contribution >= 0.6 is 11.6 Å². The molecule has 5 heteroatoms. The number of piperazine rings is 1. The van der Waals surface area contributed by atoms with Crippen molar-refractivity contribution in [3.63, 3.8) is 0 Å². The second-order valence-corrected chi connectivity index (χ2v) is 7.07. The van der Waals surface area contributed by atoms with E-state index in [0.29, 0.717) is 16.6 Å². The predicted octanol–water partition coefficient (Wildman–Crippen LogP) is 2.82. The summed E-state index contributed by atoms with van der Waals surface area (Å²) in [5.41, 5.74) is 1.59. The second kappa shape index (κ2) is 7.53. The topological polar surface area (TPSA) is 33.5 Å². The SMILES string of the molecule is CN1CCCCC1CN1CCN(c2c(Cl)cccc2C#N)CC1.